The molecule has 0 saturated carbocycles. The van der Waals surface area contributed by atoms with Crippen molar-refractivity contribution in [3.8, 4) is 0 Å². The average Bonchev–Trinajstić information content (AvgIpc) is 2.47. The van der Waals surface area contributed by atoms with Crippen LogP contribution in [0.15, 0.2) is 24.3 Å². The quantitative estimate of drug-likeness (QED) is 0.870. The Labute approximate surface area is 125 Å². The lowest BCUT2D eigenvalue weighted by atomic mass is 9.99. The van der Waals surface area contributed by atoms with Gasteiger partial charge in [0.05, 0.1) is 13.2 Å². The number of halogens is 1. The first-order valence-electron chi connectivity index (χ1n) is 7.40. The molecule has 1 unspecified atom stereocenters. The molecule has 0 spiro atoms. The number of hydrogen-bond donors (Lipinski definition) is 1. The molecule has 1 saturated heterocycles. The highest BCUT2D eigenvalue weighted by atomic mass is 19.1. The van der Waals surface area contributed by atoms with E-state index in [9.17, 15) is 9.18 Å². The highest BCUT2D eigenvalue weighted by molar-refractivity contribution is 5.78. The fourth-order valence-electron chi connectivity index (χ4n) is 2.73. The zero-order chi connectivity index (χ0) is 15.1. The number of benzene rings is 1. The smallest absolute Gasteiger partial charge is 0.234 e. The predicted octanol–water partition coefficient (Wildman–Crippen LogP) is 1.80. The maximum absolute atomic E-state index is 12.8. The number of piperidine rings is 1. The van der Waals surface area contributed by atoms with Gasteiger partial charge in [0.2, 0.25) is 5.91 Å². The van der Waals surface area contributed by atoms with Gasteiger partial charge in [-0.25, -0.2) is 4.39 Å². The van der Waals surface area contributed by atoms with Gasteiger partial charge in [-0.15, -0.1) is 0 Å². The predicted molar refractivity (Wildman–Crippen MR) is 79.3 cm³/mol. The van der Waals surface area contributed by atoms with Gasteiger partial charge >= 0.3 is 0 Å². The van der Waals surface area contributed by atoms with Crippen LogP contribution in [-0.2, 0) is 16.1 Å². The lowest BCUT2D eigenvalue weighted by Gasteiger charge is -2.31. The molecule has 0 radical (unpaired) electrons. The fraction of sp³-hybridized carbons (Fsp3) is 0.562. The summed E-state index contributed by atoms with van der Waals surface area (Å²) < 4.78 is 18.0. The van der Waals surface area contributed by atoms with Gasteiger partial charge in [-0.3, -0.25) is 9.69 Å². The molecule has 21 heavy (non-hydrogen) atoms. The molecule has 1 aromatic carbocycles. The van der Waals surface area contributed by atoms with Crippen molar-refractivity contribution in [2.75, 3.05) is 33.4 Å². The summed E-state index contributed by atoms with van der Waals surface area (Å²) in [5, 5.41) is 2.88. The summed E-state index contributed by atoms with van der Waals surface area (Å²) >= 11 is 0. The van der Waals surface area contributed by atoms with E-state index in [0.29, 0.717) is 19.0 Å². The van der Waals surface area contributed by atoms with E-state index in [0.717, 1.165) is 31.7 Å². The van der Waals surface area contributed by atoms with Crippen LogP contribution in [0.1, 0.15) is 18.4 Å². The molecule has 4 nitrogen and oxygen atoms in total. The molecule has 1 aliphatic heterocycles. The number of nitrogens with zero attached hydrogens (tertiary/aromatic N) is 1. The second kappa shape index (κ2) is 8.10. The standard InChI is InChI=1S/C16H23FN2O2/c1-21-12-14-3-2-8-19(10-14)11-16(20)18-9-13-4-6-15(17)7-5-13/h4-7,14H,2-3,8-12H2,1H3,(H,18,20). The third kappa shape index (κ3) is 5.44. The Bertz CT molecular complexity index is 448. The molecule has 1 aliphatic rings. The minimum atomic E-state index is -0.262. The van der Waals surface area contributed by atoms with E-state index in [-0.39, 0.29) is 11.7 Å². The minimum Gasteiger partial charge on any atom is -0.384 e. The number of carbonyl (C=O) groups excluding carboxylic acids is 1. The topological polar surface area (TPSA) is 41.6 Å². The van der Waals surface area contributed by atoms with Gasteiger partial charge in [-0.1, -0.05) is 12.1 Å². The van der Waals surface area contributed by atoms with Crippen LogP contribution < -0.4 is 5.32 Å². The average molecular weight is 294 g/mol. The normalized spacial score (nSPS) is 19.4. The van der Waals surface area contributed by atoms with E-state index in [2.05, 4.69) is 10.2 Å². The first-order valence-corrected chi connectivity index (χ1v) is 7.40. The summed E-state index contributed by atoms with van der Waals surface area (Å²) in [5.41, 5.74) is 0.903. The Kier molecular flexibility index (Phi) is 6.14. The van der Waals surface area contributed by atoms with Crippen molar-refractivity contribution < 1.29 is 13.9 Å². The molecule has 0 aromatic heterocycles. The molecule has 2 rings (SSSR count). The third-order valence-electron chi connectivity index (χ3n) is 3.78. The van der Waals surface area contributed by atoms with Crippen molar-refractivity contribution >= 4 is 5.91 Å². The van der Waals surface area contributed by atoms with Crippen molar-refractivity contribution in [3.63, 3.8) is 0 Å². The third-order valence-corrected chi connectivity index (χ3v) is 3.78. The second-order valence-electron chi connectivity index (χ2n) is 5.60. The summed E-state index contributed by atoms with van der Waals surface area (Å²) in [6, 6.07) is 6.18. The van der Waals surface area contributed by atoms with Crippen LogP contribution in [0.25, 0.3) is 0 Å². The van der Waals surface area contributed by atoms with Crippen LogP contribution in [0.2, 0.25) is 0 Å². The Morgan fingerprint density at radius 1 is 1.43 bits per heavy atom. The van der Waals surface area contributed by atoms with Crippen LogP contribution in [0, 0.1) is 11.7 Å². The lowest BCUT2D eigenvalue weighted by Crippen LogP contribution is -2.43. The Morgan fingerprint density at radius 2 is 2.19 bits per heavy atom. The van der Waals surface area contributed by atoms with Gasteiger partial charge in [0.25, 0.3) is 0 Å². The van der Waals surface area contributed by atoms with Crippen LogP contribution in [-0.4, -0.2) is 44.2 Å². The number of ether oxygens (including phenoxy) is 1. The van der Waals surface area contributed by atoms with Crippen molar-refractivity contribution in [1.82, 2.24) is 10.2 Å². The second-order valence-corrected chi connectivity index (χ2v) is 5.60. The maximum atomic E-state index is 12.8. The monoisotopic (exact) mass is 294 g/mol. The van der Waals surface area contributed by atoms with Crippen LogP contribution in [0.3, 0.4) is 0 Å². The summed E-state index contributed by atoms with van der Waals surface area (Å²) in [5.74, 6) is 0.272. The van der Waals surface area contributed by atoms with Gasteiger partial charge < -0.3 is 10.1 Å². The Balaban J connectivity index is 1.72. The van der Waals surface area contributed by atoms with E-state index in [4.69, 9.17) is 4.74 Å². The van der Waals surface area contributed by atoms with Crippen LogP contribution >= 0.6 is 0 Å². The highest BCUT2D eigenvalue weighted by Gasteiger charge is 2.21. The zero-order valence-corrected chi connectivity index (χ0v) is 12.5. The molecular formula is C16H23FN2O2. The molecule has 1 fully saturated rings. The number of carbonyl (C=O) groups is 1. The summed E-state index contributed by atoms with van der Waals surface area (Å²) in [7, 11) is 1.72. The largest absolute Gasteiger partial charge is 0.384 e. The fourth-order valence-corrected chi connectivity index (χ4v) is 2.73. The van der Waals surface area contributed by atoms with Crippen molar-refractivity contribution in [1.29, 1.82) is 0 Å². The molecule has 1 N–H and O–H groups in total. The molecule has 1 atom stereocenters. The highest BCUT2D eigenvalue weighted by Crippen LogP contribution is 2.16. The van der Waals surface area contributed by atoms with Gasteiger partial charge in [-0.2, -0.15) is 0 Å². The van der Waals surface area contributed by atoms with Gasteiger partial charge in [-0.05, 0) is 43.0 Å². The summed E-state index contributed by atoms with van der Waals surface area (Å²) in [4.78, 5) is 14.1. The molecule has 1 amide bonds. The van der Waals surface area contributed by atoms with E-state index in [1.165, 1.54) is 18.6 Å². The molecule has 0 bridgehead atoms. The van der Waals surface area contributed by atoms with E-state index in [1.54, 1.807) is 19.2 Å². The molecular weight excluding hydrogens is 271 g/mol. The maximum Gasteiger partial charge on any atom is 0.234 e. The number of rotatable bonds is 6. The van der Waals surface area contributed by atoms with Crippen LogP contribution in [0.4, 0.5) is 4.39 Å². The van der Waals surface area contributed by atoms with E-state index < -0.39 is 0 Å². The number of nitrogens with one attached hydrogen (secondary N) is 1. The molecule has 1 aromatic rings. The zero-order valence-electron chi connectivity index (χ0n) is 12.5. The van der Waals surface area contributed by atoms with Crippen molar-refractivity contribution in [2.45, 2.75) is 19.4 Å². The number of likely N-dealkylation sites (tertiary alicyclic amines) is 1. The molecule has 116 valence electrons. The Hall–Kier alpha value is -1.46. The van der Waals surface area contributed by atoms with E-state index in [1.807, 2.05) is 0 Å². The number of amides is 1. The van der Waals surface area contributed by atoms with Gasteiger partial charge in [0.1, 0.15) is 5.82 Å². The molecule has 0 aliphatic carbocycles. The van der Waals surface area contributed by atoms with Crippen LogP contribution in [0.5, 0.6) is 0 Å². The summed E-state index contributed by atoms with van der Waals surface area (Å²) in [6.45, 7) is 3.49. The first kappa shape index (κ1) is 15.9. The van der Waals surface area contributed by atoms with Crippen molar-refractivity contribution in [2.24, 2.45) is 5.92 Å². The van der Waals surface area contributed by atoms with Crippen molar-refractivity contribution in [3.05, 3.63) is 35.6 Å². The first-order chi connectivity index (χ1) is 10.2. The lowest BCUT2D eigenvalue weighted by molar-refractivity contribution is -0.122. The van der Waals surface area contributed by atoms with E-state index >= 15 is 0 Å². The van der Waals surface area contributed by atoms with Gasteiger partial charge in [0.15, 0.2) is 0 Å². The molecule has 1 heterocycles. The number of methoxy groups -OCH3 is 1. The molecule has 5 heteroatoms. The minimum absolute atomic E-state index is 0.0115. The SMILES string of the molecule is COCC1CCCN(CC(=O)NCc2ccc(F)cc2)C1. The summed E-state index contributed by atoms with van der Waals surface area (Å²) in [6.07, 6.45) is 2.28. The van der Waals surface area contributed by atoms with Gasteiger partial charge in [0, 0.05) is 20.2 Å². The Morgan fingerprint density at radius 3 is 2.90 bits per heavy atom. The number of hydrogen-bond acceptors (Lipinski definition) is 3.